The standard InChI is InChI=1S/C19H28N2O4/c1-13(21-19(22)20-12-14-8-6-5-7-9-14)15-10-16(23-2)18(25-4)17(11-15)24-3/h5-6,10-11,13-14H,7-9,12H2,1-4H3,(H2,20,21,22). The van der Waals surface area contributed by atoms with Gasteiger partial charge in [0.25, 0.3) is 0 Å². The summed E-state index contributed by atoms with van der Waals surface area (Å²) < 4.78 is 16.0. The summed E-state index contributed by atoms with van der Waals surface area (Å²) in [6.45, 7) is 2.61. The first kappa shape index (κ1) is 19.0. The van der Waals surface area contributed by atoms with Crippen LogP contribution in [0.5, 0.6) is 17.2 Å². The third kappa shape index (κ3) is 5.05. The van der Waals surface area contributed by atoms with E-state index in [1.54, 1.807) is 21.3 Å². The van der Waals surface area contributed by atoms with Gasteiger partial charge < -0.3 is 24.8 Å². The van der Waals surface area contributed by atoms with E-state index in [2.05, 4.69) is 22.8 Å². The van der Waals surface area contributed by atoms with Crippen molar-refractivity contribution in [2.75, 3.05) is 27.9 Å². The van der Waals surface area contributed by atoms with Crippen molar-refractivity contribution < 1.29 is 19.0 Å². The van der Waals surface area contributed by atoms with Crippen molar-refractivity contribution in [2.24, 2.45) is 5.92 Å². The van der Waals surface area contributed by atoms with Crippen LogP contribution in [0, 0.1) is 5.92 Å². The number of hydrogen-bond acceptors (Lipinski definition) is 4. The van der Waals surface area contributed by atoms with Gasteiger partial charge in [-0.2, -0.15) is 0 Å². The van der Waals surface area contributed by atoms with Gasteiger partial charge >= 0.3 is 6.03 Å². The molecule has 25 heavy (non-hydrogen) atoms. The Morgan fingerprint density at radius 2 is 1.84 bits per heavy atom. The fourth-order valence-electron chi connectivity index (χ4n) is 2.96. The molecule has 1 aromatic rings. The molecular weight excluding hydrogens is 320 g/mol. The van der Waals surface area contributed by atoms with Gasteiger partial charge in [-0.05, 0) is 49.8 Å². The summed E-state index contributed by atoms with van der Waals surface area (Å²) in [5.74, 6) is 2.20. The van der Waals surface area contributed by atoms with Crippen LogP contribution < -0.4 is 24.8 Å². The molecule has 0 saturated heterocycles. The van der Waals surface area contributed by atoms with Crippen LogP contribution in [-0.2, 0) is 0 Å². The van der Waals surface area contributed by atoms with Crippen LogP contribution in [0.4, 0.5) is 4.79 Å². The molecule has 1 aliphatic rings. The maximum absolute atomic E-state index is 12.2. The molecule has 1 aliphatic carbocycles. The summed E-state index contributed by atoms with van der Waals surface area (Å²) in [7, 11) is 4.71. The summed E-state index contributed by atoms with van der Waals surface area (Å²) in [6, 6.07) is 3.33. The number of amides is 2. The van der Waals surface area contributed by atoms with E-state index in [1.807, 2.05) is 19.1 Å². The Hall–Kier alpha value is -2.37. The van der Waals surface area contributed by atoms with Gasteiger partial charge in [-0.15, -0.1) is 0 Å². The van der Waals surface area contributed by atoms with Crippen LogP contribution in [0.2, 0.25) is 0 Å². The molecule has 0 fully saturated rings. The largest absolute Gasteiger partial charge is 0.493 e. The monoisotopic (exact) mass is 348 g/mol. The Balaban J connectivity index is 1.98. The SMILES string of the molecule is COc1cc(C(C)NC(=O)NCC2CC=CCC2)cc(OC)c1OC. The number of carbonyl (C=O) groups is 1. The first-order valence-corrected chi connectivity index (χ1v) is 8.58. The van der Waals surface area contributed by atoms with Crippen molar-refractivity contribution in [3.8, 4) is 17.2 Å². The zero-order valence-corrected chi connectivity index (χ0v) is 15.4. The van der Waals surface area contributed by atoms with E-state index in [0.717, 1.165) is 24.8 Å². The van der Waals surface area contributed by atoms with Crippen molar-refractivity contribution in [1.29, 1.82) is 0 Å². The molecule has 6 nitrogen and oxygen atoms in total. The highest BCUT2D eigenvalue weighted by Gasteiger charge is 2.18. The topological polar surface area (TPSA) is 68.8 Å². The molecule has 0 spiro atoms. The van der Waals surface area contributed by atoms with E-state index in [1.165, 1.54) is 0 Å². The van der Waals surface area contributed by atoms with Gasteiger partial charge in [-0.25, -0.2) is 4.79 Å². The predicted octanol–water partition coefficient (Wildman–Crippen LogP) is 3.43. The third-order valence-electron chi connectivity index (χ3n) is 4.46. The first-order valence-electron chi connectivity index (χ1n) is 8.58. The van der Waals surface area contributed by atoms with Gasteiger partial charge in [0.15, 0.2) is 11.5 Å². The molecule has 0 bridgehead atoms. The molecule has 1 aromatic carbocycles. The molecule has 2 unspecified atom stereocenters. The zero-order valence-electron chi connectivity index (χ0n) is 15.4. The molecule has 2 rings (SSSR count). The average Bonchev–Trinajstić information content (AvgIpc) is 2.65. The Kier molecular flexibility index (Phi) is 6.98. The number of carbonyl (C=O) groups excluding carboxylic acids is 1. The smallest absolute Gasteiger partial charge is 0.315 e. The first-order chi connectivity index (χ1) is 12.1. The van der Waals surface area contributed by atoms with Crippen LogP contribution in [0.15, 0.2) is 24.3 Å². The van der Waals surface area contributed by atoms with E-state index >= 15 is 0 Å². The Bertz CT molecular complexity index is 590. The number of rotatable bonds is 7. The summed E-state index contributed by atoms with van der Waals surface area (Å²) in [5, 5.41) is 5.92. The van der Waals surface area contributed by atoms with Gasteiger partial charge in [0.05, 0.1) is 27.4 Å². The average molecular weight is 348 g/mol. The van der Waals surface area contributed by atoms with Crippen molar-refractivity contribution >= 4 is 6.03 Å². The van der Waals surface area contributed by atoms with Crippen molar-refractivity contribution in [3.05, 3.63) is 29.8 Å². The quantitative estimate of drug-likeness (QED) is 0.741. The minimum absolute atomic E-state index is 0.171. The number of benzene rings is 1. The molecule has 0 heterocycles. The normalized spacial score (nSPS) is 17.5. The molecule has 6 heteroatoms. The number of urea groups is 1. The fourth-order valence-corrected chi connectivity index (χ4v) is 2.96. The van der Waals surface area contributed by atoms with Crippen LogP contribution in [0.3, 0.4) is 0 Å². The highest BCUT2D eigenvalue weighted by Crippen LogP contribution is 2.39. The summed E-state index contributed by atoms with van der Waals surface area (Å²) >= 11 is 0. The van der Waals surface area contributed by atoms with Crippen molar-refractivity contribution in [1.82, 2.24) is 10.6 Å². The molecule has 138 valence electrons. The van der Waals surface area contributed by atoms with Gasteiger partial charge in [0, 0.05) is 6.54 Å². The number of nitrogens with one attached hydrogen (secondary N) is 2. The second-order valence-corrected chi connectivity index (χ2v) is 6.19. The number of allylic oxidation sites excluding steroid dienone is 2. The van der Waals surface area contributed by atoms with Crippen LogP contribution >= 0.6 is 0 Å². The lowest BCUT2D eigenvalue weighted by Crippen LogP contribution is -2.39. The second-order valence-electron chi connectivity index (χ2n) is 6.19. The third-order valence-corrected chi connectivity index (χ3v) is 4.46. The van der Waals surface area contributed by atoms with Crippen LogP contribution in [-0.4, -0.2) is 33.9 Å². The lowest BCUT2D eigenvalue weighted by molar-refractivity contribution is 0.235. The zero-order chi connectivity index (χ0) is 18.2. The Labute approximate surface area is 149 Å². The van der Waals surface area contributed by atoms with Crippen molar-refractivity contribution in [3.63, 3.8) is 0 Å². The molecular formula is C19H28N2O4. The maximum atomic E-state index is 12.2. The van der Waals surface area contributed by atoms with Crippen molar-refractivity contribution in [2.45, 2.75) is 32.2 Å². The number of methoxy groups -OCH3 is 3. The number of ether oxygens (including phenoxy) is 3. The van der Waals surface area contributed by atoms with Gasteiger partial charge in [0.2, 0.25) is 5.75 Å². The highest BCUT2D eigenvalue weighted by molar-refractivity contribution is 5.74. The minimum Gasteiger partial charge on any atom is -0.493 e. The Morgan fingerprint density at radius 1 is 1.16 bits per heavy atom. The summed E-state index contributed by atoms with van der Waals surface area (Å²) in [4.78, 5) is 12.2. The summed E-state index contributed by atoms with van der Waals surface area (Å²) in [5.41, 5.74) is 0.880. The van der Waals surface area contributed by atoms with E-state index < -0.39 is 0 Å². The molecule has 0 aromatic heterocycles. The predicted molar refractivity (Wildman–Crippen MR) is 97.5 cm³/mol. The molecule has 0 saturated carbocycles. The van der Waals surface area contributed by atoms with Gasteiger partial charge in [-0.3, -0.25) is 0 Å². The number of hydrogen-bond donors (Lipinski definition) is 2. The summed E-state index contributed by atoms with van der Waals surface area (Å²) in [6.07, 6.45) is 7.63. The second kappa shape index (κ2) is 9.20. The van der Waals surface area contributed by atoms with E-state index in [9.17, 15) is 4.79 Å². The molecule has 2 atom stereocenters. The maximum Gasteiger partial charge on any atom is 0.315 e. The lowest BCUT2D eigenvalue weighted by atomic mass is 9.94. The molecule has 2 amide bonds. The van der Waals surface area contributed by atoms with E-state index in [0.29, 0.717) is 29.7 Å². The Morgan fingerprint density at radius 3 is 2.36 bits per heavy atom. The van der Waals surface area contributed by atoms with E-state index in [4.69, 9.17) is 14.2 Å². The fraction of sp³-hybridized carbons (Fsp3) is 0.526. The lowest BCUT2D eigenvalue weighted by Gasteiger charge is -2.21. The van der Waals surface area contributed by atoms with Crippen LogP contribution in [0.25, 0.3) is 0 Å². The highest BCUT2D eigenvalue weighted by atomic mass is 16.5. The molecule has 0 radical (unpaired) electrons. The molecule has 2 N–H and O–H groups in total. The minimum atomic E-state index is -0.194. The molecule has 0 aliphatic heterocycles. The van der Waals surface area contributed by atoms with Crippen LogP contribution in [0.1, 0.15) is 37.8 Å². The van der Waals surface area contributed by atoms with Gasteiger partial charge in [0.1, 0.15) is 0 Å². The van der Waals surface area contributed by atoms with E-state index in [-0.39, 0.29) is 12.1 Å². The van der Waals surface area contributed by atoms with Gasteiger partial charge in [-0.1, -0.05) is 12.2 Å².